The standard InChI is InChI=1S/C10H10ClNS/c11-10-7(3-5-12)1-2-9-8(10)4-6-13-9/h1-2,4,6H,3,5,12H2. The van der Waals surface area contributed by atoms with Gasteiger partial charge >= 0.3 is 0 Å². The first kappa shape index (κ1) is 9.00. The molecule has 0 fully saturated rings. The van der Waals surface area contributed by atoms with Crippen LogP contribution in [0.4, 0.5) is 0 Å². The highest BCUT2D eigenvalue weighted by Crippen LogP contribution is 2.30. The summed E-state index contributed by atoms with van der Waals surface area (Å²) in [7, 11) is 0. The van der Waals surface area contributed by atoms with E-state index in [0.29, 0.717) is 6.54 Å². The molecule has 2 rings (SSSR count). The van der Waals surface area contributed by atoms with Crippen LogP contribution in [0, 0.1) is 0 Å². The van der Waals surface area contributed by atoms with E-state index in [-0.39, 0.29) is 0 Å². The summed E-state index contributed by atoms with van der Waals surface area (Å²) in [6.07, 6.45) is 0.852. The third-order valence-corrected chi connectivity index (χ3v) is 3.39. The van der Waals surface area contributed by atoms with Crippen LogP contribution in [-0.4, -0.2) is 6.54 Å². The molecule has 68 valence electrons. The molecule has 0 aliphatic carbocycles. The van der Waals surface area contributed by atoms with Crippen LogP contribution in [0.5, 0.6) is 0 Å². The molecule has 0 atom stereocenters. The summed E-state index contributed by atoms with van der Waals surface area (Å²) in [4.78, 5) is 0. The Bertz CT molecular complexity index is 422. The van der Waals surface area contributed by atoms with Crippen molar-refractivity contribution in [1.82, 2.24) is 0 Å². The van der Waals surface area contributed by atoms with Gasteiger partial charge < -0.3 is 5.73 Å². The lowest BCUT2D eigenvalue weighted by Gasteiger charge is -2.02. The van der Waals surface area contributed by atoms with Crippen molar-refractivity contribution in [2.45, 2.75) is 6.42 Å². The molecule has 1 heterocycles. The van der Waals surface area contributed by atoms with Crippen molar-refractivity contribution in [3.8, 4) is 0 Å². The van der Waals surface area contributed by atoms with Crippen LogP contribution in [0.2, 0.25) is 5.02 Å². The van der Waals surface area contributed by atoms with Crippen molar-refractivity contribution in [2.24, 2.45) is 5.73 Å². The van der Waals surface area contributed by atoms with Gasteiger partial charge in [-0.05, 0) is 36.0 Å². The van der Waals surface area contributed by atoms with Crippen LogP contribution in [-0.2, 0) is 6.42 Å². The quantitative estimate of drug-likeness (QED) is 0.812. The lowest BCUT2D eigenvalue weighted by atomic mass is 10.1. The summed E-state index contributed by atoms with van der Waals surface area (Å²) in [5.41, 5.74) is 6.64. The van der Waals surface area contributed by atoms with Crippen LogP contribution in [0.15, 0.2) is 23.6 Å². The van der Waals surface area contributed by atoms with Crippen molar-refractivity contribution in [3.05, 3.63) is 34.2 Å². The van der Waals surface area contributed by atoms with Crippen molar-refractivity contribution < 1.29 is 0 Å². The first-order valence-electron chi connectivity index (χ1n) is 4.17. The monoisotopic (exact) mass is 211 g/mol. The Labute approximate surface area is 86.1 Å². The zero-order valence-electron chi connectivity index (χ0n) is 7.09. The van der Waals surface area contributed by atoms with Gasteiger partial charge in [0.25, 0.3) is 0 Å². The van der Waals surface area contributed by atoms with Gasteiger partial charge in [-0.15, -0.1) is 11.3 Å². The van der Waals surface area contributed by atoms with E-state index in [1.807, 2.05) is 0 Å². The van der Waals surface area contributed by atoms with Gasteiger partial charge in [-0.2, -0.15) is 0 Å². The summed E-state index contributed by atoms with van der Waals surface area (Å²) in [6, 6.07) is 6.23. The summed E-state index contributed by atoms with van der Waals surface area (Å²) in [5.74, 6) is 0. The van der Waals surface area contributed by atoms with E-state index >= 15 is 0 Å². The maximum atomic E-state index is 6.21. The fourth-order valence-corrected chi connectivity index (χ4v) is 2.58. The van der Waals surface area contributed by atoms with Crippen molar-refractivity contribution >= 4 is 33.0 Å². The third-order valence-electron chi connectivity index (χ3n) is 2.06. The molecular formula is C10H10ClNS. The number of nitrogens with two attached hydrogens (primary N) is 1. The van der Waals surface area contributed by atoms with Crippen LogP contribution >= 0.6 is 22.9 Å². The molecule has 0 radical (unpaired) electrons. The number of thiophene rings is 1. The van der Waals surface area contributed by atoms with Gasteiger partial charge in [0, 0.05) is 10.1 Å². The van der Waals surface area contributed by atoms with Crippen LogP contribution in [0.1, 0.15) is 5.56 Å². The average molecular weight is 212 g/mol. The predicted molar refractivity (Wildman–Crippen MR) is 59.6 cm³/mol. The topological polar surface area (TPSA) is 26.0 Å². The third kappa shape index (κ3) is 1.57. The number of rotatable bonds is 2. The normalized spacial score (nSPS) is 10.9. The highest BCUT2D eigenvalue weighted by Gasteiger charge is 2.04. The van der Waals surface area contributed by atoms with Crippen LogP contribution in [0.3, 0.4) is 0 Å². The zero-order chi connectivity index (χ0) is 9.26. The largest absolute Gasteiger partial charge is 0.330 e. The molecule has 0 unspecified atom stereocenters. The molecule has 0 aliphatic rings. The maximum Gasteiger partial charge on any atom is 0.0525 e. The Morgan fingerprint density at radius 1 is 1.31 bits per heavy atom. The predicted octanol–water partition coefficient (Wildman–Crippen LogP) is 3.06. The zero-order valence-corrected chi connectivity index (χ0v) is 8.66. The van der Waals surface area contributed by atoms with Gasteiger partial charge in [-0.3, -0.25) is 0 Å². The minimum absolute atomic E-state index is 0.648. The Kier molecular flexibility index (Phi) is 2.54. The summed E-state index contributed by atoms with van der Waals surface area (Å²) < 4.78 is 1.24. The first-order chi connectivity index (χ1) is 6.33. The van der Waals surface area contributed by atoms with Gasteiger partial charge in [-0.1, -0.05) is 17.7 Å². The van der Waals surface area contributed by atoms with Crippen molar-refractivity contribution in [1.29, 1.82) is 0 Å². The molecular weight excluding hydrogens is 202 g/mol. The second-order valence-electron chi connectivity index (χ2n) is 2.91. The molecule has 3 heteroatoms. The SMILES string of the molecule is NCCc1ccc2sccc2c1Cl. The second kappa shape index (κ2) is 3.66. The Morgan fingerprint density at radius 3 is 2.92 bits per heavy atom. The van der Waals surface area contributed by atoms with Gasteiger partial charge in [0.15, 0.2) is 0 Å². The molecule has 2 aromatic rings. The van der Waals surface area contributed by atoms with E-state index in [4.69, 9.17) is 17.3 Å². The van der Waals surface area contributed by atoms with Crippen molar-refractivity contribution in [2.75, 3.05) is 6.54 Å². The molecule has 1 aromatic heterocycles. The van der Waals surface area contributed by atoms with Crippen LogP contribution in [0.25, 0.3) is 10.1 Å². The fraction of sp³-hybridized carbons (Fsp3) is 0.200. The Balaban J connectivity index is 2.59. The molecule has 13 heavy (non-hydrogen) atoms. The van der Waals surface area contributed by atoms with E-state index in [1.165, 1.54) is 4.70 Å². The maximum absolute atomic E-state index is 6.21. The van der Waals surface area contributed by atoms with Crippen LogP contribution < -0.4 is 5.73 Å². The summed E-state index contributed by atoms with van der Waals surface area (Å²) in [6.45, 7) is 0.648. The Hall–Kier alpha value is -0.570. The number of halogens is 1. The van der Waals surface area contributed by atoms with Gasteiger partial charge in [0.2, 0.25) is 0 Å². The van der Waals surface area contributed by atoms with Gasteiger partial charge in [-0.25, -0.2) is 0 Å². The van der Waals surface area contributed by atoms with E-state index < -0.39 is 0 Å². The number of hydrogen-bond acceptors (Lipinski definition) is 2. The molecule has 0 bridgehead atoms. The minimum atomic E-state index is 0.648. The van der Waals surface area contributed by atoms with E-state index in [2.05, 4.69) is 23.6 Å². The molecule has 0 amide bonds. The molecule has 1 aromatic carbocycles. The lowest BCUT2D eigenvalue weighted by molar-refractivity contribution is 0.971. The summed E-state index contributed by atoms with van der Waals surface area (Å²) in [5, 5.41) is 4.07. The highest BCUT2D eigenvalue weighted by molar-refractivity contribution is 7.17. The smallest absolute Gasteiger partial charge is 0.0525 e. The summed E-state index contributed by atoms with van der Waals surface area (Å²) >= 11 is 7.93. The Morgan fingerprint density at radius 2 is 2.15 bits per heavy atom. The van der Waals surface area contributed by atoms with Gasteiger partial charge in [0.1, 0.15) is 0 Å². The molecule has 0 saturated carbocycles. The molecule has 0 saturated heterocycles. The highest BCUT2D eigenvalue weighted by atomic mass is 35.5. The first-order valence-corrected chi connectivity index (χ1v) is 5.43. The number of benzene rings is 1. The van der Waals surface area contributed by atoms with E-state index in [0.717, 1.165) is 22.4 Å². The molecule has 1 nitrogen and oxygen atoms in total. The fourth-order valence-electron chi connectivity index (χ4n) is 1.40. The van der Waals surface area contributed by atoms with E-state index in [9.17, 15) is 0 Å². The molecule has 2 N–H and O–H groups in total. The van der Waals surface area contributed by atoms with E-state index in [1.54, 1.807) is 11.3 Å². The second-order valence-corrected chi connectivity index (χ2v) is 4.24. The minimum Gasteiger partial charge on any atom is -0.330 e. The lowest BCUT2D eigenvalue weighted by Crippen LogP contribution is -2.02. The molecule has 0 aliphatic heterocycles. The van der Waals surface area contributed by atoms with Gasteiger partial charge in [0.05, 0.1) is 5.02 Å². The van der Waals surface area contributed by atoms with Crippen molar-refractivity contribution in [3.63, 3.8) is 0 Å². The average Bonchev–Trinajstić information content (AvgIpc) is 2.58. The number of hydrogen-bond donors (Lipinski definition) is 1. The molecule has 0 spiro atoms. The number of fused-ring (bicyclic) bond motifs is 1.